The van der Waals surface area contributed by atoms with Gasteiger partial charge in [0.2, 0.25) is 0 Å². The minimum atomic E-state index is -0.221. The van der Waals surface area contributed by atoms with Crippen molar-refractivity contribution in [3.8, 4) is 5.75 Å². The monoisotopic (exact) mass is 346 g/mol. The predicted molar refractivity (Wildman–Crippen MR) is 87.1 cm³/mol. The smallest absolute Gasteiger partial charge is 0.130 e. The summed E-state index contributed by atoms with van der Waals surface area (Å²) >= 11 is 3.67. The molecule has 1 atom stereocenters. The maximum Gasteiger partial charge on any atom is 0.130 e. The van der Waals surface area contributed by atoms with Gasteiger partial charge in [0.15, 0.2) is 0 Å². The van der Waals surface area contributed by atoms with E-state index >= 15 is 0 Å². The number of fused-ring (bicyclic) bond motifs is 1. The Balaban J connectivity index is 2.10. The molecule has 0 radical (unpaired) electrons. The molecular formula is C18H16BrFO. The fourth-order valence-corrected chi connectivity index (χ4v) is 2.94. The third-order valence-electron chi connectivity index (χ3n) is 3.67. The van der Waals surface area contributed by atoms with Crippen LogP contribution in [-0.4, -0.2) is 4.83 Å². The van der Waals surface area contributed by atoms with Gasteiger partial charge in [0.1, 0.15) is 17.3 Å². The number of benzene rings is 2. The van der Waals surface area contributed by atoms with Crippen molar-refractivity contribution < 1.29 is 9.13 Å². The highest BCUT2D eigenvalue weighted by atomic mass is 79.9. The van der Waals surface area contributed by atoms with Gasteiger partial charge >= 0.3 is 0 Å². The van der Waals surface area contributed by atoms with Gasteiger partial charge in [-0.1, -0.05) is 53.2 Å². The van der Waals surface area contributed by atoms with Crippen LogP contribution in [0.5, 0.6) is 5.75 Å². The van der Waals surface area contributed by atoms with Crippen molar-refractivity contribution in [2.75, 3.05) is 0 Å². The van der Waals surface area contributed by atoms with E-state index in [-0.39, 0.29) is 10.6 Å². The summed E-state index contributed by atoms with van der Waals surface area (Å²) in [4.78, 5) is 0.129. The lowest BCUT2D eigenvalue weighted by Crippen LogP contribution is -2.17. The molecule has 2 aromatic carbocycles. The molecule has 21 heavy (non-hydrogen) atoms. The maximum atomic E-state index is 13.6. The molecule has 0 saturated heterocycles. The normalized spacial score (nSPS) is 15.4. The summed E-state index contributed by atoms with van der Waals surface area (Å²) < 4.78 is 19.7. The molecule has 0 aromatic heterocycles. The first-order chi connectivity index (χ1) is 10.2. The second-order valence-electron chi connectivity index (χ2n) is 5.12. The van der Waals surface area contributed by atoms with Crippen LogP contribution in [0.3, 0.4) is 0 Å². The Kier molecular flexibility index (Phi) is 4.11. The van der Waals surface area contributed by atoms with Gasteiger partial charge in [-0.2, -0.15) is 0 Å². The van der Waals surface area contributed by atoms with E-state index in [1.54, 1.807) is 12.1 Å². The van der Waals surface area contributed by atoms with Crippen LogP contribution in [0.2, 0.25) is 0 Å². The molecule has 0 aliphatic carbocycles. The van der Waals surface area contributed by atoms with Crippen LogP contribution < -0.4 is 4.74 Å². The van der Waals surface area contributed by atoms with E-state index in [1.165, 1.54) is 6.07 Å². The number of halogens is 2. The Bertz CT molecular complexity index is 693. The first kappa shape index (κ1) is 14.3. The number of ether oxygens (including phenoxy) is 1. The second-order valence-corrected chi connectivity index (χ2v) is 6.22. The molecule has 0 amide bonds. The van der Waals surface area contributed by atoms with Crippen molar-refractivity contribution in [1.82, 2.24) is 0 Å². The molecule has 0 fully saturated rings. The van der Waals surface area contributed by atoms with Crippen molar-refractivity contribution in [3.05, 3.63) is 71.2 Å². The molecule has 108 valence electrons. The summed E-state index contributed by atoms with van der Waals surface area (Å²) in [7, 11) is 0. The van der Waals surface area contributed by atoms with Crippen molar-refractivity contribution in [1.29, 1.82) is 0 Å². The zero-order valence-corrected chi connectivity index (χ0v) is 13.4. The molecule has 0 spiro atoms. The molecule has 1 aliphatic heterocycles. The lowest BCUT2D eigenvalue weighted by Gasteiger charge is -2.26. The Hall–Kier alpha value is -1.61. The average molecular weight is 347 g/mol. The van der Waals surface area contributed by atoms with Gasteiger partial charge in [-0.25, -0.2) is 4.39 Å². The van der Waals surface area contributed by atoms with Crippen LogP contribution in [0.15, 0.2) is 54.3 Å². The summed E-state index contributed by atoms with van der Waals surface area (Å²) in [5, 5.41) is 0. The Morgan fingerprint density at radius 3 is 2.76 bits per heavy atom. The van der Waals surface area contributed by atoms with E-state index in [2.05, 4.69) is 28.9 Å². The summed E-state index contributed by atoms with van der Waals surface area (Å²) in [6.07, 6.45) is 1.67. The standard InChI is InChI=1S/C18H16BrFO/c1-2-16(19)18-15(12-7-5-8-14(20)10-12)11-13-6-3-4-9-17(13)21-18/h3-10,16H,2,11H2,1H3. The summed E-state index contributed by atoms with van der Waals surface area (Å²) in [5.74, 6) is 1.56. The highest BCUT2D eigenvalue weighted by molar-refractivity contribution is 9.09. The second kappa shape index (κ2) is 6.02. The van der Waals surface area contributed by atoms with E-state index in [0.717, 1.165) is 41.1 Å². The fourth-order valence-electron chi connectivity index (χ4n) is 2.57. The van der Waals surface area contributed by atoms with E-state index in [9.17, 15) is 4.39 Å². The summed E-state index contributed by atoms with van der Waals surface area (Å²) in [6, 6.07) is 14.7. The predicted octanol–water partition coefficient (Wildman–Crippen LogP) is 5.35. The zero-order chi connectivity index (χ0) is 14.8. The zero-order valence-electron chi connectivity index (χ0n) is 11.8. The van der Waals surface area contributed by atoms with Crippen LogP contribution in [0.4, 0.5) is 4.39 Å². The molecule has 3 rings (SSSR count). The number of hydrogen-bond acceptors (Lipinski definition) is 1. The minimum absolute atomic E-state index is 0.129. The van der Waals surface area contributed by atoms with Gasteiger partial charge in [-0.15, -0.1) is 0 Å². The first-order valence-corrected chi connectivity index (χ1v) is 7.99. The topological polar surface area (TPSA) is 9.23 Å². The molecule has 0 bridgehead atoms. The minimum Gasteiger partial charge on any atom is -0.460 e. The SMILES string of the molecule is CCC(Br)C1=C(c2cccc(F)c2)Cc2ccccc2O1. The number of hydrogen-bond donors (Lipinski definition) is 0. The van der Waals surface area contributed by atoms with E-state index in [1.807, 2.05) is 24.3 Å². The molecule has 1 unspecified atom stereocenters. The third-order valence-corrected chi connectivity index (χ3v) is 4.74. The van der Waals surface area contributed by atoms with E-state index in [4.69, 9.17) is 4.74 Å². The molecular weight excluding hydrogens is 331 g/mol. The Labute approximate surface area is 132 Å². The first-order valence-electron chi connectivity index (χ1n) is 7.08. The van der Waals surface area contributed by atoms with Crippen molar-refractivity contribution in [2.45, 2.75) is 24.6 Å². The Morgan fingerprint density at radius 2 is 2.00 bits per heavy atom. The molecule has 1 aliphatic rings. The third kappa shape index (κ3) is 2.88. The van der Waals surface area contributed by atoms with Crippen molar-refractivity contribution in [3.63, 3.8) is 0 Å². The average Bonchev–Trinajstić information content (AvgIpc) is 2.53. The maximum absolute atomic E-state index is 13.6. The molecule has 2 aromatic rings. The van der Waals surface area contributed by atoms with Gasteiger partial charge in [-0.05, 0) is 35.7 Å². The summed E-state index contributed by atoms with van der Waals surface area (Å²) in [6.45, 7) is 2.10. The number of para-hydroxylation sites is 1. The number of rotatable bonds is 3. The highest BCUT2D eigenvalue weighted by Crippen LogP contribution is 2.38. The Morgan fingerprint density at radius 1 is 1.19 bits per heavy atom. The molecule has 3 heteroatoms. The highest BCUT2D eigenvalue weighted by Gasteiger charge is 2.24. The van der Waals surface area contributed by atoms with Gasteiger partial charge in [0.05, 0.1) is 4.83 Å². The van der Waals surface area contributed by atoms with Crippen LogP contribution >= 0.6 is 15.9 Å². The largest absolute Gasteiger partial charge is 0.460 e. The van der Waals surface area contributed by atoms with Crippen LogP contribution in [0, 0.1) is 5.82 Å². The number of alkyl halides is 1. The van der Waals surface area contributed by atoms with Gasteiger partial charge in [0.25, 0.3) is 0 Å². The van der Waals surface area contributed by atoms with Crippen molar-refractivity contribution in [2.24, 2.45) is 0 Å². The lowest BCUT2D eigenvalue weighted by atomic mass is 9.93. The van der Waals surface area contributed by atoms with Crippen molar-refractivity contribution >= 4 is 21.5 Å². The van der Waals surface area contributed by atoms with Gasteiger partial charge in [0, 0.05) is 12.0 Å². The van der Waals surface area contributed by atoms with Crippen LogP contribution in [-0.2, 0) is 6.42 Å². The number of allylic oxidation sites excluding steroid dienone is 2. The fraction of sp³-hybridized carbons (Fsp3) is 0.222. The summed E-state index contributed by atoms with van der Waals surface area (Å²) in [5.41, 5.74) is 3.07. The van der Waals surface area contributed by atoms with Gasteiger partial charge in [-0.3, -0.25) is 0 Å². The quantitative estimate of drug-likeness (QED) is 0.681. The molecule has 0 N–H and O–H groups in total. The van der Waals surface area contributed by atoms with E-state index < -0.39 is 0 Å². The van der Waals surface area contributed by atoms with E-state index in [0.29, 0.717) is 0 Å². The molecule has 0 saturated carbocycles. The van der Waals surface area contributed by atoms with Gasteiger partial charge < -0.3 is 4.74 Å². The lowest BCUT2D eigenvalue weighted by molar-refractivity contribution is 0.398. The van der Waals surface area contributed by atoms with Crippen LogP contribution in [0.1, 0.15) is 24.5 Å². The molecule has 1 nitrogen and oxygen atoms in total. The molecule has 1 heterocycles. The van der Waals surface area contributed by atoms with Crippen LogP contribution in [0.25, 0.3) is 5.57 Å².